The standard InChI is InChI=1S/C28H38O2/c1-29-18-28(19-30-2)17-22-16-24(20-10-5-3-6-11-20)26(21-12-7-4-8-13-21)23-14-9-15-25(28)27(22)23/h9,14-16,20-21H,3-8,10-13,17-19H2,1-2H3. The molecule has 2 aromatic rings. The Kier molecular flexibility index (Phi) is 5.90. The molecule has 2 saturated carbocycles. The van der Waals surface area contributed by atoms with Gasteiger partial charge in [0.25, 0.3) is 0 Å². The molecule has 0 spiro atoms. The second-order valence-corrected chi connectivity index (χ2v) is 10.3. The molecule has 2 nitrogen and oxygen atoms in total. The Hall–Kier alpha value is -1.38. The monoisotopic (exact) mass is 406 g/mol. The molecule has 162 valence electrons. The highest BCUT2D eigenvalue weighted by Crippen LogP contribution is 2.50. The van der Waals surface area contributed by atoms with Crippen LogP contribution < -0.4 is 0 Å². The van der Waals surface area contributed by atoms with Gasteiger partial charge in [-0.1, -0.05) is 62.8 Å². The summed E-state index contributed by atoms with van der Waals surface area (Å²) < 4.78 is 11.5. The Morgan fingerprint density at radius 3 is 2.10 bits per heavy atom. The van der Waals surface area contributed by atoms with Crippen molar-refractivity contribution in [3.8, 4) is 0 Å². The summed E-state index contributed by atoms with van der Waals surface area (Å²) in [5.41, 5.74) is 6.42. The number of ether oxygens (including phenoxy) is 2. The number of rotatable bonds is 6. The minimum atomic E-state index is -0.0413. The van der Waals surface area contributed by atoms with Crippen molar-refractivity contribution in [2.75, 3.05) is 27.4 Å². The van der Waals surface area contributed by atoms with Gasteiger partial charge in [0.15, 0.2) is 0 Å². The van der Waals surface area contributed by atoms with Gasteiger partial charge in [-0.15, -0.1) is 0 Å². The van der Waals surface area contributed by atoms with Crippen LogP contribution in [-0.4, -0.2) is 27.4 Å². The first-order valence-corrected chi connectivity index (χ1v) is 12.3. The van der Waals surface area contributed by atoms with Gasteiger partial charge in [0.1, 0.15) is 0 Å². The fourth-order valence-electron chi connectivity index (χ4n) is 7.11. The first kappa shape index (κ1) is 20.5. The van der Waals surface area contributed by atoms with E-state index in [1.54, 1.807) is 22.1 Å². The van der Waals surface area contributed by atoms with Gasteiger partial charge in [-0.05, 0) is 77.0 Å². The highest BCUT2D eigenvalue weighted by molar-refractivity contribution is 5.96. The summed E-state index contributed by atoms with van der Waals surface area (Å²) in [6.07, 6.45) is 15.0. The molecule has 3 aliphatic rings. The van der Waals surface area contributed by atoms with Crippen LogP contribution in [0.5, 0.6) is 0 Å². The maximum atomic E-state index is 5.76. The van der Waals surface area contributed by atoms with Crippen LogP contribution >= 0.6 is 0 Å². The fourth-order valence-corrected chi connectivity index (χ4v) is 7.11. The SMILES string of the molecule is COCC1(COC)Cc2cc(C3CCCCC3)c(C3CCCCC3)c3cccc1c23. The molecule has 0 aliphatic heterocycles. The Labute approximate surface area is 182 Å². The molecule has 3 aliphatic carbocycles. The van der Waals surface area contributed by atoms with Crippen LogP contribution in [0.2, 0.25) is 0 Å². The van der Waals surface area contributed by atoms with E-state index < -0.39 is 0 Å². The largest absolute Gasteiger partial charge is 0.384 e. The van der Waals surface area contributed by atoms with Gasteiger partial charge in [0.05, 0.1) is 13.2 Å². The van der Waals surface area contributed by atoms with Crippen molar-refractivity contribution in [3.63, 3.8) is 0 Å². The molecule has 0 aromatic heterocycles. The topological polar surface area (TPSA) is 18.5 Å². The lowest BCUT2D eigenvalue weighted by Gasteiger charge is -2.31. The minimum absolute atomic E-state index is 0.0413. The van der Waals surface area contributed by atoms with Gasteiger partial charge >= 0.3 is 0 Å². The summed E-state index contributed by atoms with van der Waals surface area (Å²) in [6, 6.07) is 9.75. The summed E-state index contributed by atoms with van der Waals surface area (Å²) in [5.74, 6) is 1.51. The number of hydrogen-bond acceptors (Lipinski definition) is 2. The Morgan fingerprint density at radius 1 is 0.833 bits per heavy atom. The van der Waals surface area contributed by atoms with E-state index >= 15 is 0 Å². The Morgan fingerprint density at radius 2 is 1.47 bits per heavy atom. The normalized spacial score (nSPS) is 22.1. The highest BCUT2D eigenvalue weighted by atomic mass is 16.5. The first-order valence-electron chi connectivity index (χ1n) is 12.3. The van der Waals surface area contributed by atoms with Crippen molar-refractivity contribution in [2.45, 2.75) is 87.9 Å². The third-order valence-corrected chi connectivity index (χ3v) is 8.32. The molecule has 0 unspecified atom stereocenters. The zero-order chi connectivity index (χ0) is 20.6. The van der Waals surface area contributed by atoms with E-state index in [-0.39, 0.29) is 5.41 Å². The van der Waals surface area contributed by atoms with Gasteiger partial charge in [-0.3, -0.25) is 0 Å². The summed E-state index contributed by atoms with van der Waals surface area (Å²) >= 11 is 0. The van der Waals surface area contributed by atoms with Crippen molar-refractivity contribution in [1.82, 2.24) is 0 Å². The number of benzene rings is 2. The lowest BCUT2D eigenvalue weighted by Crippen LogP contribution is -2.36. The number of hydrogen-bond donors (Lipinski definition) is 0. The van der Waals surface area contributed by atoms with Crippen LogP contribution in [-0.2, 0) is 21.3 Å². The second kappa shape index (κ2) is 8.63. The molecular formula is C28H38O2. The molecular weight excluding hydrogens is 368 g/mol. The summed E-state index contributed by atoms with van der Waals surface area (Å²) in [7, 11) is 3.67. The average molecular weight is 407 g/mol. The lowest BCUT2D eigenvalue weighted by molar-refractivity contribution is 0.0623. The van der Waals surface area contributed by atoms with Crippen LogP contribution in [0.15, 0.2) is 24.3 Å². The molecule has 0 radical (unpaired) electrons. The fraction of sp³-hybridized carbons (Fsp3) is 0.643. The van der Waals surface area contributed by atoms with E-state index in [0.717, 1.165) is 31.5 Å². The molecule has 0 saturated heterocycles. The third kappa shape index (κ3) is 3.41. The zero-order valence-electron chi connectivity index (χ0n) is 19.0. The van der Waals surface area contributed by atoms with Crippen molar-refractivity contribution < 1.29 is 9.47 Å². The Bertz CT molecular complexity index is 881. The summed E-state index contributed by atoms with van der Waals surface area (Å²) in [4.78, 5) is 0. The molecule has 0 N–H and O–H groups in total. The summed E-state index contributed by atoms with van der Waals surface area (Å²) in [6.45, 7) is 1.46. The van der Waals surface area contributed by atoms with Crippen molar-refractivity contribution in [3.05, 3.63) is 46.5 Å². The molecule has 0 bridgehead atoms. The van der Waals surface area contributed by atoms with E-state index in [0.29, 0.717) is 0 Å². The predicted octanol–water partition coefficient (Wildman–Crippen LogP) is 7.02. The molecule has 2 heteroatoms. The molecule has 30 heavy (non-hydrogen) atoms. The predicted molar refractivity (Wildman–Crippen MR) is 125 cm³/mol. The van der Waals surface area contributed by atoms with Crippen molar-refractivity contribution in [1.29, 1.82) is 0 Å². The second-order valence-electron chi connectivity index (χ2n) is 10.3. The summed E-state index contributed by atoms with van der Waals surface area (Å²) in [5, 5.41) is 3.10. The molecule has 2 aromatic carbocycles. The smallest absolute Gasteiger partial charge is 0.0584 e. The van der Waals surface area contributed by atoms with E-state index in [2.05, 4.69) is 24.3 Å². The van der Waals surface area contributed by atoms with Crippen LogP contribution in [0.1, 0.15) is 98.3 Å². The average Bonchev–Trinajstić information content (AvgIpc) is 3.10. The van der Waals surface area contributed by atoms with E-state index in [9.17, 15) is 0 Å². The molecule has 0 amide bonds. The van der Waals surface area contributed by atoms with Gasteiger partial charge in [-0.2, -0.15) is 0 Å². The number of methoxy groups -OCH3 is 2. The van der Waals surface area contributed by atoms with Gasteiger partial charge in [0, 0.05) is 19.6 Å². The van der Waals surface area contributed by atoms with Crippen molar-refractivity contribution in [2.24, 2.45) is 0 Å². The van der Waals surface area contributed by atoms with Crippen LogP contribution in [0.4, 0.5) is 0 Å². The van der Waals surface area contributed by atoms with Gasteiger partial charge in [-0.25, -0.2) is 0 Å². The zero-order valence-corrected chi connectivity index (χ0v) is 19.0. The maximum absolute atomic E-state index is 5.76. The first-order chi connectivity index (χ1) is 14.8. The molecule has 2 fully saturated rings. The molecule has 5 rings (SSSR count). The van der Waals surface area contributed by atoms with E-state index in [1.165, 1.54) is 75.2 Å². The van der Waals surface area contributed by atoms with E-state index in [4.69, 9.17) is 9.47 Å². The van der Waals surface area contributed by atoms with E-state index in [1.807, 2.05) is 14.2 Å². The van der Waals surface area contributed by atoms with Gasteiger partial charge in [0.2, 0.25) is 0 Å². The Balaban J connectivity index is 1.71. The van der Waals surface area contributed by atoms with Crippen molar-refractivity contribution >= 4 is 10.8 Å². The lowest BCUT2D eigenvalue weighted by atomic mass is 9.73. The highest BCUT2D eigenvalue weighted by Gasteiger charge is 2.41. The maximum Gasteiger partial charge on any atom is 0.0584 e. The van der Waals surface area contributed by atoms with Crippen LogP contribution in [0.25, 0.3) is 10.8 Å². The quantitative estimate of drug-likeness (QED) is 0.513. The molecule has 0 atom stereocenters. The molecule has 0 heterocycles. The van der Waals surface area contributed by atoms with Crippen LogP contribution in [0.3, 0.4) is 0 Å². The minimum Gasteiger partial charge on any atom is -0.384 e. The van der Waals surface area contributed by atoms with Crippen LogP contribution in [0, 0.1) is 0 Å². The third-order valence-electron chi connectivity index (χ3n) is 8.32. The van der Waals surface area contributed by atoms with Gasteiger partial charge < -0.3 is 9.47 Å².